The number of unbranched alkanes of at least 4 members (excludes halogenated alkanes) is 1. The van der Waals surface area contributed by atoms with Crippen molar-refractivity contribution in [3.05, 3.63) is 101 Å². The van der Waals surface area contributed by atoms with Gasteiger partial charge in [0.15, 0.2) is 0 Å². The van der Waals surface area contributed by atoms with E-state index in [1.165, 1.54) is 30.3 Å². The van der Waals surface area contributed by atoms with Gasteiger partial charge in [-0.1, -0.05) is 49.7 Å². The van der Waals surface area contributed by atoms with Crippen LogP contribution in [0.4, 0.5) is 26.3 Å². The summed E-state index contributed by atoms with van der Waals surface area (Å²) in [6.45, 7) is 3.38. The third-order valence-corrected chi connectivity index (χ3v) is 8.55. The number of carbonyl (C=O) groups is 2. The van der Waals surface area contributed by atoms with Crippen LogP contribution in [0.2, 0.25) is 0 Å². The number of amides is 2. The Bertz CT molecular complexity index is 1830. The van der Waals surface area contributed by atoms with Gasteiger partial charge in [0, 0.05) is 16.5 Å². The van der Waals surface area contributed by atoms with Crippen LogP contribution >= 0.6 is 0 Å². The highest BCUT2D eigenvalue weighted by atomic mass is 32.2. The maximum absolute atomic E-state index is 13.4. The average Bonchev–Trinajstić information content (AvgIpc) is 2.98. The first-order valence-electron chi connectivity index (χ1n) is 14.0. The number of carbonyl (C=O) groups excluding carboxylic acids is 2. The van der Waals surface area contributed by atoms with E-state index in [0.717, 1.165) is 0 Å². The minimum absolute atomic E-state index is 0.0354. The van der Waals surface area contributed by atoms with E-state index >= 15 is 0 Å². The number of pyridine rings is 1. The smallest absolute Gasteiger partial charge is 0.342 e. The zero-order chi connectivity index (χ0) is 33.9. The minimum Gasteiger partial charge on any atom is -0.342 e. The Kier molecular flexibility index (Phi) is 9.81. The first-order chi connectivity index (χ1) is 21.4. The average molecular weight is 666 g/mol. The zero-order valence-corrected chi connectivity index (χ0v) is 25.4. The van der Waals surface area contributed by atoms with Crippen LogP contribution in [0, 0.1) is 0 Å². The highest BCUT2D eigenvalue weighted by Gasteiger charge is 2.37. The summed E-state index contributed by atoms with van der Waals surface area (Å²) in [6.07, 6.45) is -9.48. The summed E-state index contributed by atoms with van der Waals surface area (Å²) in [5, 5.41) is 3.16. The predicted molar refractivity (Wildman–Crippen MR) is 160 cm³/mol. The van der Waals surface area contributed by atoms with Crippen LogP contribution in [0.3, 0.4) is 0 Å². The lowest BCUT2D eigenvalue weighted by Crippen LogP contribution is -2.47. The number of nitrogens with one attached hydrogen (secondary N) is 2. The molecule has 0 saturated heterocycles. The van der Waals surface area contributed by atoms with Crippen LogP contribution in [0.1, 0.15) is 60.2 Å². The summed E-state index contributed by atoms with van der Waals surface area (Å²) in [4.78, 5) is 30.5. The van der Waals surface area contributed by atoms with Gasteiger partial charge in [-0.05, 0) is 61.4 Å². The first-order valence-corrected chi connectivity index (χ1v) is 15.7. The molecule has 1 atom stereocenters. The lowest BCUT2D eigenvalue weighted by Gasteiger charge is -2.31. The molecule has 0 radical (unpaired) electrons. The number of aromatic nitrogens is 1. The predicted octanol–water partition coefficient (Wildman–Crippen LogP) is 7.22. The van der Waals surface area contributed by atoms with E-state index in [2.05, 4.69) is 10.3 Å². The first kappa shape index (κ1) is 34.4. The Morgan fingerprint density at radius 3 is 2.02 bits per heavy atom. The van der Waals surface area contributed by atoms with Crippen molar-refractivity contribution in [3.8, 4) is 11.3 Å². The lowest BCUT2D eigenvalue weighted by molar-refractivity contribution is -0.143. The number of alkyl halides is 6. The number of sulfonamides is 1. The number of nitrogens with zero attached hydrogens (tertiary/aromatic N) is 1. The largest absolute Gasteiger partial charge is 0.416 e. The van der Waals surface area contributed by atoms with E-state index in [4.69, 9.17) is 0 Å². The molecule has 0 spiro atoms. The fourth-order valence-corrected chi connectivity index (χ4v) is 5.98. The second kappa shape index (κ2) is 13.1. The number of hydrogen-bond acceptors (Lipinski definition) is 5. The van der Waals surface area contributed by atoms with Crippen molar-refractivity contribution in [2.45, 2.75) is 51.0 Å². The van der Waals surface area contributed by atoms with Gasteiger partial charge < -0.3 is 5.32 Å². The van der Waals surface area contributed by atoms with E-state index in [-0.39, 0.29) is 34.2 Å². The summed E-state index contributed by atoms with van der Waals surface area (Å²) < 4.78 is 107. The SMILES string of the molecule is CCCCS(=O)(=O)NC(=O)CC(C)(NC(=O)c1ccc2nc(-c3cc(C(F)(F)F)cc(C(F)(F)F)c3)ccc2c1)c1ccccc1. The van der Waals surface area contributed by atoms with E-state index in [1.807, 2.05) is 11.6 Å². The molecule has 14 heteroatoms. The molecule has 46 heavy (non-hydrogen) atoms. The molecule has 0 aliphatic carbocycles. The van der Waals surface area contributed by atoms with E-state index in [1.54, 1.807) is 37.3 Å². The van der Waals surface area contributed by atoms with Crippen molar-refractivity contribution in [2.75, 3.05) is 5.75 Å². The molecule has 0 aliphatic rings. The molecule has 244 valence electrons. The standard InChI is InChI=1S/C32H29F6N3O4S/c1-3-4-14-46(44,45)41-28(42)19-30(2,23-8-6-5-7-9-23)40-29(43)21-11-13-26-20(15-21)10-12-27(39-26)22-16-24(31(33,34)35)18-25(17-22)32(36,37)38/h5-13,15-18H,3-4,14,19H2,1-2H3,(H,40,43)(H,41,42). The second-order valence-electron chi connectivity index (χ2n) is 10.9. The molecule has 4 aromatic rings. The molecule has 1 heterocycles. The van der Waals surface area contributed by atoms with Crippen LogP contribution in [-0.2, 0) is 32.7 Å². The van der Waals surface area contributed by atoms with Crippen LogP contribution in [0.5, 0.6) is 0 Å². The minimum atomic E-state index is -5.02. The Morgan fingerprint density at radius 1 is 0.804 bits per heavy atom. The van der Waals surface area contributed by atoms with E-state index in [0.29, 0.717) is 35.9 Å². The van der Waals surface area contributed by atoms with Crippen molar-refractivity contribution in [3.63, 3.8) is 0 Å². The molecule has 1 aromatic heterocycles. The van der Waals surface area contributed by atoms with E-state index in [9.17, 15) is 44.3 Å². The Hall–Kier alpha value is -4.46. The van der Waals surface area contributed by atoms with Crippen LogP contribution in [0.25, 0.3) is 22.2 Å². The van der Waals surface area contributed by atoms with Gasteiger partial charge in [0.2, 0.25) is 15.9 Å². The maximum atomic E-state index is 13.4. The monoisotopic (exact) mass is 665 g/mol. The van der Waals surface area contributed by atoms with E-state index < -0.39 is 57.3 Å². The fraction of sp³-hybridized carbons (Fsp3) is 0.281. The van der Waals surface area contributed by atoms with Crippen molar-refractivity contribution in [1.82, 2.24) is 15.0 Å². The maximum Gasteiger partial charge on any atom is 0.416 e. The second-order valence-corrected chi connectivity index (χ2v) is 12.8. The molecule has 4 rings (SSSR count). The van der Waals surface area contributed by atoms with Gasteiger partial charge in [-0.25, -0.2) is 13.4 Å². The van der Waals surface area contributed by atoms with Gasteiger partial charge in [0.1, 0.15) is 0 Å². The van der Waals surface area contributed by atoms with Crippen LogP contribution in [-0.4, -0.2) is 31.0 Å². The Morgan fingerprint density at radius 2 is 1.43 bits per heavy atom. The molecule has 2 amide bonds. The van der Waals surface area contributed by atoms with Gasteiger partial charge in [-0.2, -0.15) is 26.3 Å². The normalized spacial score (nSPS) is 13.7. The van der Waals surface area contributed by atoms with Crippen molar-refractivity contribution < 1.29 is 44.3 Å². The van der Waals surface area contributed by atoms with Gasteiger partial charge in [0.05, 0.1) is 40.1 Å². The third kappa shape index (κ3) is 8.42. The third-order valence-electron chi connectivity index (χ3n) is 7.19. The quantitative estimate of drug-likeness (QED) is 0.174. The number of hydrogen-bond donors (Lipinski definition) is 2. The molecule has 0 aliphatic heterocycles. The molecule has 7 nitrogen and oxygen atoms in total. The van der Waals surface area contributed by atoms with Gasteiger partial charge in [0.25, 0.3) is 5.91 Å². The van der Waals surface area contributed by atoms with Crippen LogP contribution in [0.15, 0.2) is 78.9 Å². The molecule has 0 fully saturated rings. The summed E-state index contributed by atoms with van der Waals surface area (Å²) >= 11 is 0. The molecule has 1 unspecified atom stereocenters. The topological polar surface area (TPSA) is 105 Å². The number of halogens is 6. The molecule has 0 saturated carbocycles. The summed E-state index contributed by atoms with van der Waals surface area (Å²) in [5.74, 6) is -1.68. The fourth-order valence-electron chi connectivity index (χ4n) is 4.79. The van der Waals surface area contributed by atoms with Crippen molar-refractivity contribution in [2.24, 2.45) is 0 Å². The molecule has 2 N–H and O–H groups in total. The zero-order valence-electron chi connectivity index (χ0n) is 24.6. The summed E-state index contributed by atoms with van der Waals surface area (Å²) in [5.41, 5.74) is -3.99. The van der Waals surface area contributed by atoms with Crippen molar-refractivity contribution in [1.29, 1.82) is 0 Å². The molecular formula is C32H29F6N3O4S. The molecular weight excluding hydrogens is 636 g/mol. The van der Waals surface area contributed by atoms with Crippen LogP contribution < -0.4 is 10.0 Å². The number of fused-ring (bicyclic) bond motifs is 1. The molecule has 3 aromatic carbocycles. The lowest BCUT2D eigenvalue weighted by atomic mass is 9.88. The number of benzene rings is 3. The summed E-state index contributed by atoms with van der Waals surface area (Å²) in [7, 11) is -3.88. The Balaban J connectivity index is 1.63. The Labute approximate surface area is 261 Å². The highest BCUT2D eigenvalue weighted by molar-refractivity contribution is 7.90. The number of rotatable bonds is 10. The highest BCUT2D eigenvalue weighted by Crippen LogP contribution is 2.38. The van der Waals surface area contributed by atoms with Gasteiger partial charge >= 0.3 is 12.4 Å². The van der Waals surface area contributed by atoms with Crippen molar-refractivity contribution >= 4 is 32.7 Å². The van der Waals surface area contributed by atoms with Gasteiger partial charge in [-0.3, -0.25) is 14.3 Å². The molecule has 0 bridgehead atoms. The summed E-state index contributed by atoms with van der Waals surface area (Å²) in [6, 6.07) is 16.5. The van der Waals surface area contributed by atoms with Gasteiger partial charge in [-0.15, -0.1) is 0 Å².